The number of benzene rings is 1. The van der Waals surface area contributed by atoms with Crippen LogP contribution in [0.3, 0.4) is 0 Å². The number of hydrogen-bond donors (Lipinski definition) is 4. The molecule has 1 saturated heterocycles. The molecule has 2 heterocycles. The minimum absolute atomic E-state index is 0.169. The highest BCUT2D eigenvalue weighted by Gasteiger charge is 2.38. The average molecular weight is 418 g/mol. The van der Waals surface area contributed by atoms with Gasteiger partial charge in [-0.15, -0.1) is 11.3 Å². The number of rotatable bonds is 8. The number of nitrogens with one attached hydrogen (secondary N) is 2. The molecule has 3 rings (SSSR count). The lowest BCUT2D eigenvalue weighted by molar-refractivity contribution is -0.153. The van der Waals surface area contributed by atoms with Gasteiger partial charge in [-0.3, -0.25) is 9.59 Å². The van der Waals surface area contributed by atoms with Crippen molar-refractivity contribution in [3.05, 3.63) is 52.2 Å². The molecule has 3 atom stereocenters. The highest BCUT2D eigenvalue weighted by atomic mass is 32.1. The number of amides is 2. The largest absolute Gasteiger partial charge is 0.388 e. The molecule has 2 aromatic rings. The van der Waals surface area contributed by atoms with Crippen LogP contribution in [0.15, 0.2) is 41.8 Å². The third-order valence-corrected chi connectivity index (χ3v) is 6.13. The summed E-state index contributed by atoms with van der Waals surface area (Å²) >= 11 is 1.58. The number of nitrogens with zero attached hydrogens (tertiary/aromatic N) is 1. The van der Waals surface area contributed by atoms with E-state index in [9.17, 15) is 19.8 Å². The number of thiophene rings is 1. The molecule has 1 aromatic heterocycles. The molecule has 1 aromatic carbocycles. The van der Waals surface area contributed by atoms with Crippen molar-refractivity contribution in [1.82, 2.24) is 10.2 Å². The third-order valence-electron chi connectivity index (χ3n) is 5.19. The van der Waals surface area contributed by atoms with Crippen LogP contribution in [0.4, 0.5) is 5.69 Å². The summed E-state index contributed by atoms with van der Waals surface area (Å²) in [5.41, 5.74) is 1.94. The summed E-state index contributed by atoms with van der Waals surface area (Å²) in [5, 5.41) is 28.1. The summed E-state index contributed by atoms with van der Waals surface area (Å²) in [6.07, 6.45) is -1.36. The molecule has 7 nitrogen and oxygen atoms in total. The van der Waals surface area contributed by atoms with E-state index in [1.165, 1.54) is 0 Å². The van der Waals surface area contributed by atoms with Crippen LogP contribution in [0.1, 0.15) is 29.3 Å². The Bertz CT molecular complexity index is 810. The van der Waals surface area contributed by atoms with Crippen LogP contribution in [0.25, 0.3) is 0 Å². The molecule has 1 unspecified atom stereocenters. The Morgan fingerprint density at radius 1 is 1.21 bits per heavy atom. The fourth-order valence-corrected chi connectivity index (χ4v) is 4.27. The van der Waals surface area contributed by atoms with Crippen molar-refractivity contribution in [2.24, 2.45) is 0 Å². The first-order valence-electron chi connectivity index (χ1n) is 9.75. The predicted octanol–water partition coefficient (Wildman–Crippen LogP) is 1.53. The molecule has 4 N–H and O–H groups in total. The van der Waals surface area contributed by atoms with Gasteiger partial charge in [0.15, 0.2) is 12.2 Å². The lowest BCUT2D eigenvalue weighted by atomic mass is 10.0. The first-order valence-corrected chi connectivity index (χ1v) is 10.6. The van der Waals surface area contributed by atoms with Crippen LogP contribution < -0.4 is 10.6 Å². The normalized spacial score (nSPS) is 18.3. The number of carbonyl (C=O) groups is 2. The minimum Gasteiger partial charge on any atom is -0.388 e. The topological polar surface area (TPSA) is 102 Å². The number of aliphatic hydroxyl groups is 2. The van der Waals surface area contributed by atoms with Gasteiger partial charge in [0.05, 0.1) is 6.04 Å². The van der Waals surface area contributed by atoms with Crippen molar-refractivity contribution in [1.29, 1.82) is 0 Å². The number of likely N-dealkylation sites (tertiary alicyclic amines) is 1. The molecule has 0 radical (unpaired) electrons. The molecule has 29 heavy (non-hydrogen) atoms. The van der Waals surface area contributed by atoms with E-state index in [-0.39, 0.29) is 6.04 Å². The van der Waals surface area contributed by atoms with Crippen LogP contribution in [0.2, 0.25) is 0 Å². The average Bonchev–Trinajstić information content (AvgIpc) is 3.44. The summed E-state index contributed by atoms with van der Waals surface area (Å²) in [6.45, 7) is 0.822. The molecule has 1 aliphatic rings. The number of aliphatic hydroxyl groups excluding tert-OH is 2. The molecule has 8 heteroatoms. The van der Waals surface area contributed by atoms with Crippen molar-refractivity contribution in [2.75, 3.05) is 25.5 Å². The van der Waals surface area contributed by atoms with E-state index in [2.05, 4.69) is 10.6 Å². The third kappa shape index (κ3) is 5.14. The molecule has 0 spiro atoms. The van der Waals surface area contributed by atoms with Gasteiger partial charge in [0, 0.05) is 30.7 Å². The highest BCUT2D eigenvalue weighted by Crippen LogP contribution is 2.33. The quantitative estimate of drug-likeness (QED) is 0.522. The van der Waals surface area contributed by atoms with Crippen molar-refractivity contribution in [2.45, 2.75) is 37.5 Å². The van der Waals surface area contributed by atoms with E-state index in [0.717, 1.165) is 29.0 Å². The first-order chi connectivity index (χ1) is 14.0. The fraction of sp³-hybridized carbons (Fsp3) is 0.429. The van der Waals surface area contributed by atoms with Gasteiger partial charge in [0.1, 0.15) is 0 Å². The highest BCUT2D eigenvalue weighted by molar-refractivity contribution is 7.09. The van der Waals surface area contributed by atoms with E-state index >= 15 is 0 Å². The maximum atomic E-state index is 12.8. The Balaban J connectivity index is 1.57. The van der Waals surface area contributed by atoms with Gasteiger partial charge >= 0.3 is 0 Å². The van der Waals surface area contributed by atoms with Gasteiger partial charge in [-0.05, 0) is 48.4 Å². The van der Waals surface area contributed by atoms with Crippen molar-refractivity contribution >= 4 is 28.8 Å². The van der Waals surface area contributed by atoms with Gasteiger partial charge in [0.2, 0.25) is 0 Å². The van der Waals surface area contributed by atoms with E-state index < -0.39 is 24.0 Å². The summed E-state index contributed by atoms with van der Waals surface area (Å²) in [4.78, 5) is 27.6. The molecule has 1 aliphatic heterocycles. The van der Waals surface area contributed by atoms with Gasteiger partial charge in [0.25, 0.3) is 11.8 Å². The van der Waals surface area contributed by atoms with Crippen LogP contribution in [-0.2, 0) is 16.0 Å². The number of hydrogen-bond acceptors (Lipinski definition) is 6. The summed E-state index contributed by atoms with van der Waals surface area (Å²) in [7, 11) is 1.84. The van der Waals surface area contributed by atoms with E-state index in [1.807, 2.05) is 48.8 Å². The van der Waals surface area contributed by atoms with E-state index in [0.29, 0.717) is 19.5 Å². The maximum absolute atomic E-state index is 12.8. The Kier molecular flexibility index (Phi) is 7.24. The van der Waals surface area contributed by atoms with Crippen molar-refractivity contribution in [3.63, 3.8) is 0 Å². The second-order valence-corrected chi connectivity index (χ2v) is 8.10. The summed E-state index contributed by atoms with van der Waals surface area (Å²) in [5.74, 6) is -1.36. The first kappa shape index (κ1) is 21.3. The predicted molar refractivity (Wildman–Crippen MR) is 113 cm³/mol. The molecule has 0 aliphatic carbocycles. The Labute approximate surface area is 174 Å². The lowest BCUT2D eigenvalue weighted by Gasteiger charge is -2.28. The molecule has 156 valence electrons. The van der Waals surface area contributed by atoms with E-state index in [4.69, 9.17) is 0 Å². The zero-order valence-electron chi connectivity index (χ0n) is 16.4. The molecule has 1 fully saturated rings. The zero-order valence-corrected chi connectivity index (χ0v) is 17.2. The Morgan fingerprint density at radius 3 is 2.62 bits per heavy atom. The molecule has 0 saturated carbocycles. The van der Waals surface area contributed by atoms with Crippen LogP contribution >= 0.6 is 11.3 Å². The smallest absolute Gasteiger partial charge is 0.255 e. The van der Waals surface area contributed by atoms with Crippen molar-refractivity contribution < 1.29 is 19.8 Å². The lowest BCUT2D eigenvalue weighted by Crippen LogP contribution is -2.50. The Morgan fingerprint density at radius 2 is 1.97 bits per heavy atom. The monoisotopic (exact) mass is 417 g/mol. The molecular formula is C21H27N3O4S. The Hall–Kier alpha value is -2.42. The van der Waals surface area contributed by atoms with Crippen LogP contribution in [-0.4, -0.2) is 59.3 Å². The SMILES string of the molecule is CNc1ccc(C2CCCN2C(=O)[C@H](O)[C@@H](O)C(=O)NCCc2cccs2)cc1. The van der Waals surface area contributed by atoms with E-state index in [1.54, 1.807) is 16.2 Å². The molecule has 0 bridgehead atoms. The number of carbonyl (C=O) groups excluding carboxylic acids is 2. The van der Waals surface area contributed by atoms with Crippen LogP contribution in [0, 0.1) is 0 Å². The standard InChI is InChI=1S/C21H27N3O4S/c1-22-15-8-6-14(7-9-15)17-5-2-12-24(17)21(28)19(26)18(25)20(27)23-11-10-16-4-3-13-29-16/h3-4,6-9,13,17-19,22,25-26H,2,5,10-12H2,1H3,(H,23,27)/t17?,18-,19-/m1/s1. The zero-order chi connectivity index (χ0) is 20.8. The summed E-state index contributed by atoms with van der Waals surface area (Å²) in [6, 6.07) is 11.5. The number of anilines is 1. The van der Waals surface area contributed by atoms with Gasteiger partial charge < -0.3 is 25.7 Å². The fourth-order valence-electron chi connectivity index (χ4n) is 3.57. The van der Waals surface area contributed by atoms with Crippen LogP contribution in [0.5, 0.6) is 0 Å². The minimum atomic E-state index is -1.79. The van der Waals surface area contributed by atoms with Gasteiger partial charge in [-0.1, -0.05) is 18.2 Å². The second-order valence-electron chi connectivity index (χ2n) is 7.07. The van der Waals surface area contributed by atoms with Crippen molar-refractivity contribution in [3.8, 4) is 0 Å². The maximum Gasteiger partial charge on any atom is 0.255 e. The molecular weight excluding hydrogens is 390 g/mol. The van der Waals surface area contributed by atoms with Gasteiger partial charge in [-0.2, -0.15) is 0 Å². The second kappa shape index (κ2) is 9.87. The molecule has 2 amide bonds. The van der Waals surface area contributed by atoms with Gasteiger partial charge in [-0.25, -0.2) is 0 Å². The summed E-state index contributed by atoms with van der Waals surface area (Å²) < 4.78 is 0.